The van der Waals surface area contributed by atoms with Crippen LogP contribution < -0.4 is 27.5 Å². The van der Waals surface area contributed by atoms with Gasteiger partial charge >= 0.3 is 17.1 Å². The number of nitrogen functional groups attached to an aromatic ring is 1. The molecule has 3 unspecified atom stereocenters. The van der Waals surface area contributed by atoms with Gasteiger partial charge in [-0.05, 0) is 23.5 Å². The molecule has 0 saturated carbocycles. The predicted molar refractivity (Wildman–Crippen MR) is 163 cm³/mol. The molecule has 2 fully saturated rings. The van der Waals surface area contributed by atoms with E-state index in [4.69, 9.17) is 10.6 Å². The van der Waals surface area contributed by atoms with E-state index >= 15 is 0 Å². The van der Waals surface area contributed by atoms with Crippen LogP contribution in [0.1, 0.15) is 12.1 Å². The molecule has 3 aliphatic heterocycles. The van der Waals surface area contributed by atoms with E-state index < -0.39 is 40.3 Å². The predicted octanol–water partition coefficient (Wildman–Crippen LogP) is -0.582. The number of hydrogen-bond acceptors (Lipinski definition) is 15. The summed E-state index contributed by atoms with van der Waals surface area (Å²) in [6.45, 7) is 1.15. The molecule has 0 radical (unpaired) electrons. The van der Waals surface area contributed by atoms with Gasteiger partial charge in [0, 0.05) is 30.0 Å². The Bertz CT molecular complexity index is 1640. The number of anilines is 1. The molecule has 3 atom stereocenters. The molecule has 2 saturated heterocycles. The molecule has 6 N–H and O–H groups in total. The van der Waals surface area contributed by atoms with Gasteiger partial charge in [-0.2, -0.15) is 0 Å². The largest absolute Gasteiger partial charge is 0.477 e. The number of amides is 2. The smallest absolute Gasteiger partial charge is 0.352 e. The van der Waals surface area contributed by atoms with Crippen molar-refractivity contribution in [3.05, 3.63) is 54.5 Å². The Morgan fingerprint density at radius 3 is 2.84 bits per heavy atom. The van der Waals surface area contributed by atoms with Crippen LogP contribution in [-0.2, 0) is 25.8 Å². The van der Waals surface area contributed by atoms with Crippen molar-refractivity contribution in [3.63, 3.8) is 0 Å². The summed E-state index contributed by atoms with van der Waals surface area (Å²) in [7, 11) is 1.26. The first kappa shape index (κ1) is 30.9. The summed E-state index contributed by atoms with van der Waals surface area (Å²) >= 11 is 5.15. The third-order valence-corrected chi connectivity index (χ3v) is 10.4. The second-order valence-corrected chi connectivity index (χ2v) is 13.2. The fourth-order valence-electron chi connectivity index (χ4n) is 4.47. The highest BCUT2D eigenvalue weighted by Gasteiger charge is 2.54. The highest BCUT2D eigenvalue weighted by molar-refractivity contribution is 8.02. The number of thioether (sulfide) groups is 3. The van der Waals surface area contributed by atoms with Gasteiger partial charge in [0.05, 0.1) is 5.37 Å². The summed E-state index contributed by atoms with van der Waals surface area (Å²) in [5.74, 6) is -1.46. The second kappa shape index (κ2) is 13.4. The molecular formula is C23H25N9O7S4. The van der Waals surface area contributed by atoms with E-state index in [9.17, 15) is 29.1 Å². The number of nitrogens with one attached hydrogen (secondary N) is 3. The molecule has 3 aliphatic rings. The van der Waals surface area contributed by atoms with E-state index in [1.54, 1.807) is 17.2 Å². The fourth-order valence-corrected chi connectivity index (χ4v) is 8.11. The number of rotatable bonds is 11. The number of β-lactam (4-membered cyclic amide) rings is 1. The number of oxime groups is 1. The lowest BCUT2D eigenvalue weighted by Crippen LogP contribution is -2.71. The summed E-state index contributed by atoms with van der Waals surface area (Å²) in [5.41, 5.74) is 4.22. The molecule has 43 heavy (non-hydrogen) atoms. The lowest BCUT2D eigenvalue weighted by atomic mass is 10.0. The van der Waals surface area contributed by atoms with Crippen LogP contribution in [0.5, 0.6) is 0 Å². The maximum absolute atomic E-state index is 13.1. The highest BCUT2D eigenvalue weighted by atomic mass is 32.2. The standard InChI is InChI=1S/C23H25N9O7S4/c1-39-30-13(11-9-43-22(24)26-11)16(33)27-14-18(35)32-15(21(37)38)10(8-42-20(14)32)3-6-41-23-29-28-17(34)19(36)31(23)5-2-12-25-4-7-40-12/h3,6,9,12,14,20,25H,2,4-5,7-8H2,1H3,(H2,24,26)(H,27,33)(H,28,34)(H,37,38). The van der Waals surface area contributed by atoms with E-state index in [0.29, 0.717) is 12.0 Å². The highest BCUT2D eigenvalue weighted by Crippen LogP contribution is 2.41. The Morgan fingerprint density at radius 2 is 2.16 bits per heavy atom. The van der Waals surface area contributed by atoms with Gasteiger partial charge in [-0.15, -0.1) is 40.0 Å². The molecule has 228 valence electrons. The average molecular weight is 668 g/mol. The van der Waals surface area contributed by atoms with E-state index in [0.717, 1.165) is 40.3 Å². The van der Waals surface area contributed by atoms with Gasteiger partial charge in [0.2, 0.25) is 0 Å². The molecule has 0 aromatic carbocycles. The topological polar surface area (TPSA) is 227 Å². The van der Waals surface area contributed by atoms with E-state index in [2.05, 4.69) is 31.0 Å². The van der Waals surface area contributed by atoms with E-state index in [-0.39, 0.29) is 45.1 Å². The summed E-state index contributed by atoms with van der Waals surface area (Å²) < 4.78 is 1.29. The maximum Gasteiger partial charge on any atom is 0.352 e. The number of carbonyl (C=O) groups is 3. The monoisotopic (exact) mass is 667 g/mol. The van der Waals surface area contributed by atoms with Crippen LogP contribution >= 0.6 is 46.6 Å². The van der Waals surface area contributed by atoms with Gasteiger partial charge in [-0.1, -0.05) is 16.9 Å². The zero-order valence-corrected chi connectivity index (χ0v) is 25.6. The summed E-state index contributed by atoms with van der Waals surface area (Å²) in [6.07, 6.45) is 2.15. The van der Waals surface area contributed by atoms with Crippen molar-refractivity contribution in [1.82, 2.24) is 35.3 Å². The van der Waals surface area contributed by atoms with Crippen molar-refractivity contribution in [1.29, 1.82) is 0 Å². The van der Waals surface area contributed by atoms with Crippen LogP contribution in [0, 0.1) is 0 Å². The SMILES string of the molecule is CON=C(C(=O)NC1C(=O)N2C(C(=O)O)=C(C=CSc3n[nH]c(=O)c(=O)n3CCC3NCCS3)CSC12)c1csc(N)n1. The normalized spacial score (nSPS) is 22.1. The third-order valence-electron chi connectivity index (χ3n) is 6.42. The number of hydrogen-bond donors (Lipinski definition) is 5. The van der Waals surface area contributed by atoms with Crippen molar-refractivity contribution in [2.24, 2.45) is 5.16 Å². The number of aliphatic carboxylic acids is 1. The molecule has 16 nitrogen and oxygen atoms in total. The number of nitrogens with two attached hydrogens (primary N) is 1. The Balaban J connectivity index is 1.30. The zero-order valence-electron chi connectivity index (χ0n) is 22.3. The molecule has 5 rings (SSSR count). The van der Waals surface area contributed by atoms with Crippen molar-refractivity contribution < 1.29 is 24.3 Å². The lowest BCUT2D eigenvalue weighted by molar-refractivity contribution is -0.150. The third kappa shape index (κ3) is 6.51. The first-order valence-corrected chi connectivity index (χ1v) is 16.5. The minimum absolute atomic E-state index is 0.169. The Kier molecular flexibility index (Phi) is 9.59. The first-order valence-electron chi connectivity index (χ1n) is 12.6. The van der Waals surface area contributed by atoms with E-state index in [1.165, 1.54) is 34.9 Å². The summed E-state index contributed by atoms with van der Waals surface area (Å²) in [4.78, 5) is 72.6. The second-order valence-electron chi connectivity index (χ2n) is 9.05. The molecule has 2 aromatic heterocycles. The van der Waals surface area contributed by atoms with Gasteiger partial charge in [-0.3, -0.25) is 28.6 Å². The summed E-state index contributed by atoms with van der Waals surface area (Å²) in [5, 5.41) is 28.8. The molecule has 0 spiro atoms. The fraction of sp³-hybridized carbons (Fsp3) is 0.391. The zero-order chi connectivity index (χ0) is 30.7. The Labute approximate surface area is 259 Å². The van der Waals surface area contributed by atoms with Crippen LogP contribution in [0.25, 0.3) is 0 Å². The molecule has 2 aromatic rings. The van der Waals surface area contributed by atoms with Gasteiger partial charge in [0.25, 0.3) is 11.8 Å². The number of thiazole rings is 1. The van der Waals surface area contributed by atoms with Crippen molar-refractivity contribution in [3.8, 4) is 0 Å². The number of carbonyl (C=O) groups excluding carboxylic acids is 2. The number of carboxylic acids is 1. The number of carboxylic acid groups (broad SMARTS) is 1. The van der Waals surface area contributed by atoms with Crippen LogP contribution in [0.2, 0.25) is 0 Å². The first-order chi connectivity index (χ1) is 20.7. The number of fused-ring (bicyclic) bond motifs is 1. The molecule has 2 amide bonds. The van der Waals surface area contributed by atoms with Crippen molar-refractivity contribution >= 4 is 75.2 Å². The average Bonchev–Trinajstić information content (AvgIpc) is 3.67. The van der Waals surface area contributed by atoms with Crippen LogP contribution in [0.3, 0.4) is 0 Å². The van der Waals surface area contributed by atoms with Crippen molar-refractivity contribution in [2.45, 2.75) is 34.9 Å². The lowest BCUT2D eigenvalue weighted by Gasteiger charge is -2.49. The molecule has 0 aliphatic carbocycles. The van der Waals surface area contributed by atoms with Crippen molar-refractivity contribution in [2.75, 3.05) is 30.9 Å². The molecule has 0 bridgehead atoms. The minimum atomic E-state index is -1.31. The van der Waals surface area contributed by atoms with Gasteiger partial charge in [-0.25, -0.2) is 14.9 Å². The van der Waals surface area contributed by atoms with Crippen LogP contribution in [-0.4, -0.2) is 95.2 Å². The number of aromatic amines is 1. The number of nitrogens with zero attached hydrogens (tertiary/aromatic N) is 5. The van der Waals surface area contributed by atoms with Gasteiger partial charge < -0.3 is 26.3 Å². The Hall–Kier alpha value is -3.59. The molecule has 20 heteroatoms. The molecule has 5 heterocycles. The maximum atomic E-state index is 13.1. The van der Waals surface area contributed by atoms with Crippen LogP contribution in [0.15, 0.2) is 48.0 Å². The number of aromatic nitrogens is 4. The molecular weight excluding hydrogens is 643 g/mol. The number of allylic oxidation sites excluding steroid dienone is 1. The Morgan fingerprint density at radius 1 is 1.35 bits per heavy atom. The van der Waals surface area contributed by atoms with Gasteiger partial charge in [0.1, 0.15) is 29.9 Å². The quantitative estimate of drug-likeness (QED) is 0.0664. The minimum Gasteiger partial charge on any atom is -0.477 e. The summed E-state index contributed by atoms with van der Waals surface area (Å²) in [6, 6.07) is -1.00. The van der Waals surface area contributed by atoms with Crippen LogP contribution in [0.4, 0.5) is 5.13 Å². The van der Waals surface area contributed by atoms with E-state index in [1.807, 2.05) is 0 Å². The van der Waals surface area contributed by atoms with Gasteiger partial charge in [0.15, 0.2) is 16.0 Å². The number of H-pyrrole nitrogens is 1.